The molecule has 24 heavy (non-hydrogen) atoms. The van der Waals surface area contributed by atoms with E-state index in [1.807, 2.05) is 11.0 Å². The van der Waals surface area contributed by atoms with Gasteiger partial charge in [-0.05, 0) is 43.7 Å². The van der Waals surface area contributed by atoms with Crippen molar-refractivity contribution in [2.24, 2.45) is 0 Å². The summed E-state index contributed by atoms with van der Waals surface area (Å²) in [7, 11) is 0. The number of anilines is 1. The van der Waals surface area contributed by atoms with Crippen molar-refractivity contribution >= 4 is 39.1 Å². The zero-order chi connectivity index (χ0) is 17.3. The van der Waals surface area contributed by atoms with Gasteiger partial charge in [-0.3, -0.25) is 4.79 Å². The van der Waals surface area contributed by atoms with Crippen molar-refractivity contribution < 1.29 is 4.79 Å². The first kappa shape index (κ1) is 17.3. The Kier molecular flexibility index (Phi) is 5.16. The van der Waals surface area contributed by atoms with Gasteiger partial charge in [0.05, 0.1) is 10.6 Å². The van der Waals surface area contributed by atoms with Gasteiger partial charge in [0.1, 0.15) is 0 Å². The predicted octanol–water partition coefficient (Wildman–Crippen LogP) is 4.68. The second kappa shape index (κ2) is 7.16. The lowest BCUT2D eigenvalue weighted by Crippen LogP contribution is -2.49. The smallest absolute Gasteiger partial charge is 0.255 e. The molecular weight excluding hydrogens is 388 g/mol. The zero-order valence-corrected chi connectivity index (χ0v) is 16.2. The molecule has 3 nitrogen and oxygen atoms in total. The van der Waals surface area contributed by atoms with Crippen molar-refractivity contribution in [1.29, 1.82) is 0 Å². The van der Waals surface area contributed by atoms with Gasteiger partial charge >= 0.3 is 0 Å². The Bertz CT molecular complexity index is 770. The second-order valence-electron chi connectivity index (χ2n) is 6.19. The van der Waals surface area contributed by atoms with E-state index >= 15 is 0 Å². The zero-order valence-electron chi connectivity index (χ0n) is 13.9. The monoisotopic (exact) mass is 406 g/mol. The first-order chi connectivity index (χ1) is 11.5. The van der Waals surface area contributed by atoms with Gasteiger partial charge in [0, 0.05) is 36.3 Å². The number of carbonyl (C=O) groups is 1. The van der Waals surface area contributed by atoms with Gasteiger partial charge in [0.15, 0.2) is 0 Å². The lowest BCUT2D eigenvalue weighted by atomic mass is 10.1. The predicted molar refractivity (Wildman–Crippen MR) is 103 cm³/mol. The molecule has 3 rings (SSSR count). The summed E-state index contributed by atoms with van der Waals surface area (Å²) >= 11 is 9.59. The summed E-state index contributed by atoms with van der Waals surface area (Å²) in [4.78, 5) is 16.9. The molecule has 0 bridgehead atoms. The summed E-state index contributed by atoms with van der Waals surface area (Å²) in [5, 5.41) is 0.492. The molecule has 0 atom stereocenters. The van der Waals surface area contributed by atoms with Crippen molar-refractivity contribution in [2.75, 3.05) is 31.1 Å². The molecule has 0 radical (unpaired) electrons. The molecule has 1 amide bonds. The Balaban J connectivity index is 1.69. The number of piperazine rings is 1. The van der Waals surface area contributed by atoms with E-state index in [4.69, 9.17) is 11.6 Å². The first-order valence-electron chi connectivity index (χ1n) is 8.02. The molecule has 1 fully saturated rings. The fourth-order valence-corrected chi connectivity index (χ4v) is 3.90. The number of hydrogen-bond acceptors (Lipinski definition) is 2. The number of nitrogens with zero attached hydrogens (tertiary/aromatic N) is 2. The first-order valence-corrected chi connectivity index (χ1v) is 9.19. The normalized spacial score (nSPS) is 14.8. The van der Waals surface area contributed by atoms with E-state index in [0.717, 1.165) is 17.6 Å². The van der Waals surface area contributed by atoms with E-state index in [0.29, 0.717) is 23.7 Å². The standard InChI is InChI=1S/C19H20BrClN2O/c1-13-3-6-18(14(2)11-13)22-7-9-23(10-8-22)19(24)16-5-4-15(20)12-17(16)21/h3-6,11-12H,7-10H2,1-2H3. The summed E-state index contributed by atoms with van der Waals surface area (Å²) < 4.78 is 0.878. The van der Waals surface area contributed by atoms with Gasteiger partial charge in [-0.25, -0.2) is 0 Å². The molecule has 5 heteroatoms. The largest absolute Gasteiger partial charge is 0.368 e. The molecule has 0 spiro atoms. The molecule has 1 aliphatic heterocycles. The van der Waals surface area contributed by atoms with Crippen LogP contribution in [0, 0.1) is 13.8 Å². The Hall–Kier alpha value is -1.52. The van der Waals surface area contributed by atoms with Crippen molar-refractivity contribution in [3.63, 3.8) is 0 Å². The summed E-state index contributed by atoms with van der Waals surface area (Å²) in [6.45, 7) is 7.33. The molecule has 1 aliphatic rings. The van der Waals surface area contributed by atoms with Gasteiger partial charge in [-0.2, -0.15) is 0 Å². The van der Waals surface area contributed by atoms with Crippen LogP contribution in [-0.2, 0) is 0 Å². The van der Waals surface area contributed by atoms with Gasteiger partial charge in [-0.1, -0.05) is 45.2 Å². The van der Waals surface area contributed by atoms with Crippen molar-refractivity contribution in [3.05, 3.63) is 62.6 Å². The number of amides is 1. The van der Waals surface area contributed by atoms with E-state index in [1.54, 1.807) is 12.1 Å². The molecule has 1 saturated heterocycles. The van der Waals surface area contributed by atoms with Crippen LogP contribution in [0.25, 0.3) is 0 Å². The number of hydrogen-bond donors (Lipinski definition) is 0. The Morgan fingerprint density at radius 3 is 2.38 bits per heavy atom. The summed E-state index contributed by atoms with van der Waals surface area (Å²) in [5.74, 6) is 0.00720. The maximum atomic E-state index is 12.7. The molecule has 0 aliphatic carbocycles. The second-order valence-corrected chi connectivity index (χ2v) is 7.52. The van der Waals surface area contributed by atoms with Gasteiger partial charge in [0.2, 0.25) is 0 Å². The Morgan fingerprint density at radius 2 is 1.75 bits per heavy atom. The van der Waals surface area contributed by atoms with Gasteiger partial charge in [0.25, 0.3) is 5.91 Å². The van der Waals surface area contributed by atoms with Crippen molar-refractivity contribution in [2.45, 2.75) is 13.8 Å². The van der Waals surface area contributed by atoms with Crippen LogP contribution < -0.4 is 4.90 Å². The van der Waals surface area contributed by atoms with Gasteiger partial charge in [-0.15, -0.1) is 0 Å². The van der Waals surface area contributed by atoms with Crippen LogP contribution in [0.3, 0.4) is 0 Å². The van der Waals surface area contributed by atoms with E-state index in [9.17, 15) is 4.79 Å². The number of aryl methyl sites for hydroxylation is 2. The molecule has 0 unspecified atom stereocenters. The minimum Gasteiger partial charge on any atom is -0.368 e. The van der Waals surface area contributed by atoms with Crippen LogP contribution >= 0.6 is 27.5 Å². The third kappa shape index (κ3) is 3.60. The third-order valence-corrected chi connectivity index (χ3v) is 5.23. The van der Waals surface area contributed by atoms with E-state index in [-0.39, 0.29) is 5.91 Å². The molecule has 0 aromatic heterocycles. The van der Waals surface area contributed by atoms with Crippen molar-refractivity contribution in [1.82, 2.24) is 4.90 Å². The average molecular weight is 408 g/mol. The van der Waals surface area contributed by atoms with Crippen LogP contribution in [0.5, 0.6) is 0 Å². The highest BCUT2D eigenvalue weighted by atomic mass is 79.9. The molecule has 2 aromatic rings. The third-order valence-electron chi connectivity index (χ3n) is 4.42. The summed E-state index contributed by atoms with van der Waals surface area (Å²) in [6.07, 6.45) is 0. The molecule has 1 heterocycles. The fourth-order valence-electron chi connectivity index (χ4n) is 3.14. The van der Waals surface area contributed by atoms with Crippen LogP contribution in [-0.4, -0.2) is 37.0 Å². The maximum Gasteiger partial charge on any atom is 0.255 e. The lowest BCUT2D eigenvalue weighted by molar-refractivity contribution is 0.0747. The van der Waals surface area contributed by atoms with E-state index in [1.165, 1.54) is 16.8 Å². The Morgan fingerprint density at radius 1 is 1.04 bits per heavy atom. The lowest BCUT2D eigenvalue weighted by Gasteiger charge is -2.37. The summed E-state index contributed by atoms with van der Waals surface area (Å²) in [6, 6.07) is 11.9. The molecule has 0 N–H and O–H groups in total. The number of benzene rings is 2. The van der Waals surface area contributed by atoms with Crippen LogP contribution in [0.2, 0.25) is 5.02 Å². The van der Waals surface area contributed by atoms with Crippen LogP contribution in [0.15, 0.2) is 40.9 Å². The average Bonchev–Trinajstić information content (AvgIpc) is 2.54. The number of halogens is 2. The minimum absolute atomic E-state index is 0.00720. The van der Waals surface area contributed by atoms with Gasteiger partial charge < -0.3 is 9.80 Å². The van der Waals surface area contributed by atoms with Crippen LogP contribution in [0.1, 0.15) is 21.5 Å². The fraction of sp³-hybridized carbons (Fsp3) is 0.316. The minimum atomic E-state index is 0.00720. The van der Waals surface area contributed by atoms with E-state index < -0.39 is 0 Å². The molecular formula is C19H20BrClN2O. The topological polar surface area (TPSA) is 23.6 Å². The van der Waals surface area contributed by atoms with Crippen LogP contribution in [0.4, 0.5) is 5.69 Å². The quantitative estimate of drug-likeness (QED) is 0.721. The van der Waals surface area contributed by atoms with Crippen molar-refractivity contribution in [3.8, 4) is 0 Å². The highest BCUT2D eigenvalue weighted by Gasteiger charge is 2.24. The number of carbonyl (C=O) groups excluding carboxylic acids is 1. The Labute approximate surface area is 156 Å². The maximum absolute atomic E-state index is 12.7. The summed E-state index contributed by atoms with van der Waals surface area (Å²) in [5.41, 5.74) is 4.38. The molecule has 126 valence electrons. The SMILES string of the molecule is Cc1ccc(N2CCN(C(=O)c3ccc(Br)cc3Cl)CC2)c(C)c1. The molecule has 2 aromatic carbocycles. The number of rotatable bonds is 2. The highest BCUT2D eigenvalue weighted by molar-refractivity contribution is 9.10. The highest BCUT2D eigenvalue weighted by Crippen LogP contribution is 2.25. The van der Waals surface area contributed by atoms with E-state index in [2.05, 4.69) is 52.9 Å². The molecule has 0 saturated carbocycles.